The molecule has 1 nitrogen and oxygen atoms in total. The van der Waals surface area contributed by atoms with E-state index in [1.807, 2.05) is 0 Å². The van der Waals surface area contributed by atoms with Crippen molar-refractivity contribution in [3.05, 3.63) is 11.1 Å². The van der Waals surface area contributed by atoms with E-state index in [-0.39, 0.29) is 0 Å². The molecule has 1 rings (SSSR count). The van der Waals surface area contributed by atoms with Gasteiger partial charge in [-0.25, -0.2) is 0 Å². The highest BCUT2D eigenvalue weighted by Gasteiger charge is 2.20. The molecule has 11 heavy (non-hydrogen) atoms. The summed E-state index contributed by atoms with van der Waals surface area (Å²) >= 11 is 0. The van der Waals surface area contributed by atoms with E-state index in [0.29, 0.717) is 6.04 Å². The molecule has 0 radical (unpaired) electrons. The maximum Gasteiger partial charge on any atom is 0.0169 e. The summed E-state index contributed by atoms with van der Waals surface area (Å²) in [6.07, 6.45) is 1.20. The van der Waals surface area contributed by atoms with Crippen LogP contribution < -0.4 is 5.32 Å². The molecular weight excluding hydrogens is 134 g/mol. The summed E-state index contributed by atoms with van der Waals surface area (Å²) in [6, 6.07) is 0.658. The third-order valence-corrected chi connectivity index (χ3v) is 3.05. The van der Waals surface area contributed by atoms with Crippen LogP contribution in [0.25, 0.3) is 0 Å². The van der Waals surface area contributed by atoms with Gasteiger partial charge in [0.25, 0.3) is 0 Å². The van der Waals surface area contributed by atoms with Crippen molar-refractivity contribution in [2.75, 3.05) is 6.54 Å². The molecule has 0 aliphatic carbocycles. The van der Waals surface area contributed by atoms with E-state index in [1.54, 1.807) is 11.1 Å². The third-order valence-electron chi connectivity index (χ3n) is 3.05. The zero-order valence-electron chi connectivity index (χ0n) is 8.07. The fourth-order valence-corrected chi connectivity index (χ4v) is 1.70. The van der Waals surface area contributed by atoms with Gasteiger partial charge in [0.1, 0.15) is 0 Å². The topological polar surface area (TPSA) is 12.0 Å². The van der Waals surface area contributed by atoms with Crippen LogP contribution in [0.3, 0.4) is 0 Å². The maximum atomic E-state index is 3.51. The molecule has 0 saturated heterocycles. The van der Waals surface area contributed by atoms with Crippen molar-refractivity contribution in [1.29, 1.82) is 0 Å². The average Bonchev–Trinajstić information content (AvgIpc) is 2.01. The molecule has 1 heterocycles. The lowest BCUT2D eigenvalue weighted by atomic mass is 9.87. The molecule has 2 atom stereocenters. The Kier molecular flexibility index (Phi) is 2.72. The Morgan fingerprint density at radius 2 is 2.09 bits per heavy atom. The van der Waals surface area contributed by atoms with E-state index < -0.39 is 0 Å². The van der Waals surface area contributed by atoms with Crippen LogP contribution in [0.4, 0.5) is 0 Å². The minimum absolute atomic E-state index is 0.658. The van der Waals surface area contributed by atoms with Gasteiger partial charge in [-0.1, -0.05) is 25.0 Å². The van der Waals surface area contributed by atoms with Crippen molar-refractivity contribution >= 4 is 0 Å². The van der Waals surface area contributed by atoms with Gasteiger partial charge in [0.05, 0.1) is 0 Å². The van der Waals surface area contributed by atoms with Crippen molar-refractivity contribution in [1.82, 2.24) is 5.32 Å². The Labute approximate surface area is 69.9 Å². The highest BCUT2D eigenvalue weighted by Crippen LogP contribution is 2.23. The highest BCUT2D eigenvalue weighted by molar-refractivity contribution is 5.20. The van der Waals surface area contributed by atoms with Crippen LogP contribution in [-0.2, 0) is 0 Å². The molecule has 2 unspecified atom stereocenters. The standard InChI is InChI=1S/C10H19N/c1-5-10-6-11-9(4)7(2)8(10)3/h7,9,11H,5-6H2,1-4H3. The fraction of sp³-hybridized carbons (Fsp3) is 0.800. The van der Waals surface area contributed by atoms with Crippen LogP contribution in [0.1, 0.15) is 34.1 Å². The van der Waals surface area contributed by atoms with Gasteiger partial charge in [0.2, 0.25) is 0 Å². The van der Waals surface area contributed by atoms with E-state index in [4.69, 9.17) is 0 Å². The van der Waals surface area contributed by atoms with Crippen molar-refractivity contribution in [3.8, 4) is 0 Å². The molecule has 1 aliphatic rings. The van der Waals surface area contributed by atoms with Crippen molar-refractivity contribution in [2.45, 2.75) is 40.2 Å². The van der Waals surface area contributed by atoms with Crippen LogP contribution in [0.5, 0.6) is 0 Å². The number of hydrogen-bond acceptors (Lipinski definition) is 1. The van der Waals surface area contributed by atoms with Crippen LogP contribution in [0, 0.1) is 5.92 Å². The molecule has 1 N–H and O–H groups in total. The van der Waals surface area contributed by atoms with Gasteiger partial charge in [-0.2, -0.15) is 0 Å². The normalized spacial score (nSPS) is 32.7. The first kappa shape index (κ1) is 8.79. The van der Waals surface area contributed by atoms with Gasteiger partial charge in [-0.3, -0.25) is 0 Å². The third kappa shape index (κ3) is 1.64. The van der Waals surface area contributed by atoms with E-state index in [1.165, 1.54) is 6.42 Å². The number of nitrogens with one attached hydrogen (secondary N) is 1. The summed E-state index contributed by atoms with van der Waals surface area (Å²) in [4.78, 5) is 0. The van der Waals surface area contributed by atoms with Gasteiger partial charge >= 0.3 is 0 Å². The summed E-state index contributed by atoms with van der Waals surface area (Å²) < 4.78 is 0. The monoisotopic (exact) mass is 153 g/mol. The average molecular weight is 153 g/mol. The molecule has 0 spiro atoms. The minimum atomic E-state index is 0.658. The van der Waals surface area contributed by atoms with E-state index >= 15 is 0 Å². The first-order chi connectivity index (χ1) is 5.16. The van der Waals surface area contributed by atoms with E-state index in [9.17, 15) is 0 Å². The molecule has 1 heteroatoms. The van der Waals surface area contributed by atoms with Gasteiger partial charge in [0.15, 0.2) is 0 Å². The molecular formula is C10H19N. The number of rotatable bonds is 1. The summed E-state index contributed by atoms with van der Waals surface area (Å²) in [5, 5.41) is 3.51. The summed E-state index contributed by atoms with van der Waals surface area (Å²) in [5.41, 5.74) is 3.22. The first-order valence-corrected chi connectivity index (χ1v) is 4.58. The summed E-state index contributed by atoms with van der Waals surface area (Å²) in [7, 11) is 0. The molecule has 0 aromatic heterocycles. The van der Waals surface area contributed by atoms with Crippen molar-refractivity contribution in [2.24, 2.45) is 5.92 Å². The smallest absolute Gasteiger partial charge is 0.0169 e. The zero-order valence-corrected chi connectivity index (χ0v) is 8.07. The Hall–Kier alpha value is -0.300. The first-order valence-electron chi connectivity index (χ1n) is 4.58. The predicted molar refractivity (Wildman–Crippen MR) is 49.6 cm³/mol. The van der Waals surface area contributed by atoms with Gasteiger partial charge in [-0.05, 0) is 26.2 Å². The minimum Gasteiger partial charge on any atom is -0.310 e. The van der Waals surface area contributed by atoms with Crippen LogP contribution in [-0.4, -0.2) is 12.6 Å². The Morgan fingerprint density at radius 3 is 2.64 bits per heavy atom. The molecule has 0 bridgehead atoms. The molecule has 0 aromatic rings. The predicted octanol–water partition coefficient (Wildman–Crippen LogP) is 2.34. The van der Waals surface area contributed by atoms with Gasteiger partial charge in [-0.15, -0.1) is 0 Å². The largest absolute Gasteiger partial charge is 0.310 e. The second kappa shape index (κ2) is 3.40. The molecule has 0 fully saturated rings. The molecule has 0 aromatic carbocycles. The zero-order chi connectivity index (χ0) is 8.43. The number of hydrogen-bond donors (Lipinski definition) is 1. The second-order valence-electron chi connectivity index (χ2n) is 3.60. The van der Waals surface area contributed by atoms with Crippen molar-refractivity contribution < 1.29 is 0 Å². The maximum absolute atomic E-state index is 3.51. The van der Waals surface area contributed by atoms with Crippen molar-refractivity contribution in [3.63, 3.8) is 0 Å². The lowest BCUT2D eigenvalue weighted by molar-refractivity contribution is 0.426. The quantitative estimate of drug-likeness (QED) is 0.570. The molecule has 64 valence electrons. The van der Waals surface area contributed by atoms with E-state index in [0.717, 1.165) is 12.5 Å². The second-order valence-corrected chi connectivity index (χ2v) is 3.60. The highest BCUT2D eigenvalue weighted by atomic mass is 14.9. The Balaban J connectivity index is 2.78. The lowest BCUT2D eigenvalue weighted by Crippen LogP contribution is -2.38. The SMILES string of the molecule is CCC1=C(C)C(C)C(C)NC1. The molecule has 1 aliphatic heterocycles. The Bertz CT molecular complexity index is 170. The molecule has 0 saturated carbocycles. The Morgan fingerprint density at radius 1 is 1.45 bits per heavy atom. The lowest BCUT2D eigenvalue weighted by Gasteiger charge is -2.30. The van der Waals surface area contributed by atoms with Gasteiger partial charge < -0.3 is 5.32 Å². The van der Waals surface area contributed by atoms with Crippen LogP contribution >= 0.6 is 0 Å². The molecule has 0 amide bonds. The van der Waals surface area contributed by atoms with Gasteiger partial charge in [0, 0.05) is 12.6 Å². The summed E-state index contributed by atoms with van der Waals surface area (Å²) in [6.45, 7) is 10.2. The fourth-order valence-electron chi connectivity index (χ4n) is 1.70. The summed E-state index contributed by atoms with van der Waals surface area (Å²) in [5.74, 6) is 0.721. The van der Waals surface area contributed by atoms with Crippen LogP contribution in [0.2, 0.25) is 0 Å². The van der Waals surface area contributed by atoms with Crippen LogP contribution in [0.15, 0.2) is 11.1 Å². The van der Waals surface area contributed by atoms with E-state index in [2.05, 4.69) is 33.0 Å².